The van der Waals surface area contributed by atoms with Gasteiger partial charge in [0.15, 0.2) is 0 Å². The van der Waals surface area contributed by atoms with Crippen molar-refractivity contribution in [3.8, 4) is 0 Å². The van der Waals surface area contributed by atoms with Crippen molar-refractivity contribution >= 4 is 35.8 Å². The molecule has 1 N–H and O–H groups in total. The van der Waals surface area contributed by atoms with E-state index in [0.29, 0.717) is 21.2 Å². The van der Waals surface area contributed by atoms with E-state index in [0.717, 1.165) is 0 Å². The van der Waals surface area contributed by atoms with E-state index in [4.69, 9.17) is 0 Å². The molecule has 0 aliphatic carbocycles. The molecule has 0 aliphatic heterocycles. The fourth-order valence-corrected chi connectivity index (χ4v) is 11.3. The molecule has 32 heavy (non-hydrogen) atoms. The maximum absolute atomic E-state index is 15.1. The van der Waals surface area contributed by atoms with Crippen LogP contribution in [0.4, 0.5) is 0 Å². The Labute approximate surface area is 189 Å². The summed E-state index contributed by atoms with van der Waals surface area (Å²) in [6, 6.07) is 36.5. The highest BCUT2D eigenvalue weighted by Gasteiger charge is 2.46. The molecular formula is C26H25NO3P2. The lowest BCUT2D eigenvalue weighted by atomic mass is 10.4. The molecule has 0 radical (unpaired) electrons. The Bertz CT molecular complexity index is 1050. The third-order valence-corrected chi connectivity index (χ3v) is 12.6. The smallest absolute Gasteiger partial charge is 0.213 e. The monoisotopic (exact) mass is 461 g/mol. The van der Waals surface area contributed by atoms with Crippen molar-refractivity contribution < 1.29 is 14.2 Å². The van der Waals surface area contributed by atoms with E-state index in [2.05, 4.69) is 0 Å². The zero-order chi connectivity index (χ0) is 22.4. The predicted octanol–water partition coefficient (Wildman–Crippen LogP) is 4.14. The minimum absolute atomic E-state index is 0.0118. The van der Waals surface area contributed by atoms with Crippen LogP contribution >= 0.6 is 14.6 Å². The molecule has 4 aromatic rings. The van der Waals surface area contributed by atoms with Gasteiger partial charge in [-0.05, 0) is 48.5 Å². The standard InChI is InChI=1S/C26H25NO3P2/c28-22-21-27(31(29,23-13-5-1-6-14-23)24-15-7-2-8-16-24)32(30,25-17-9-3-10-18-25)26-19-11-4-12-20-26/h1-20,28H,21-22H2. The first-order chi connectivity index (χ1) is 15.6. The van der Waals surface area contributed by atoms with Crippen molar-refractivity contribution in [2.75, 3.05) is 13.2 Å². The summed E-state index contributed by atoms with van der Waals surface area (Å²) in [6.45, 7) is -0.296. The molecule has 0 heterocycles. The van der Waals surface area contributed by atoms with Crippen molar-refractivity contribution in [1.82, 2.24) is 4.44 Å². The number of hydrogen-bond acceptors (Lipinski definition) is 3. The van der Waals surface area contributed by atoms with Crippen molar-refractivity contribution in [1.29, 1.82) is 0 Å². The Hall–Kier alpha value is -2.74. The molecule has 0 spiro atoms. The summed E-state index contributed by atoms with van der Waals surface area (Å²) in [6.07, 6.45) is 0. The van der Waals surface area contributed by atoms with Crippen LogP contribution in [-0.2, 0) is 9.13 Å². The summed E-state index contributed by atoms with van der Waals surface area (Å²) in [7, 11) is -7.19. The first kappa shape index (κ1) is 22.5. The highest BCUT2D eigenvalue weighted by Crippen LogP contribution is 2.63. The van der Waals surface area contributed by atoms with Gasteiger partial charge in [-0.25, -0.2) is 0 Å². The molecule has 0 aliphatic rings. The van der Waals surface area contributed by atoms with E-state index < -0.39 is 14.6 Å². The Kier molecular flexibility index (Phi) is 6.89. The summed E-state index contributed by atoms with van der Waals surface area (Å²) in [5, 5.41) is 12.4. The van der Waals surface area contributed by atoms with E-state index in [1.807, 2.05) is 72.8 Å². The number of benzene rings is 4. The molecule has 0 atom stereocenters. The number of rotatable bonds is 8. The molecule has 4 aromatic carbocycles. The summed E-state index contributed by atoms with van der Waals surface area (Å²) in [5.74, 6) is 0. The van der Waals surface area contributed by atoms with Gasteiger partial charge in [-0.1, -0.05) is 72.8 Å². The molecule has 162 valence electrons. The molecule has 4 rings (SSSR count). The maximum atomic E-state index is 15.1. The molecule has 0 saturated heterocycles. The van der Waals surface area contributed by atoms with Gasteiger partial charge < -0.3 is 5.11 Å². The number of aliphatic hydroxyl groups excluding tert-OH is 1. The van der Waals surface area contributed by atoms with Gasteiger partial charge in [0, 0.05) is 27.8 Å². The third-order valence-electron chi connectivity index (χ3n) is 5.37. The van der Waals surface area contributed by atoms with Gasteiger partial charge >= 0.3 is 0 Å². The second-order valence-electron chi connectivity index (χ2n) is 7.31. The topological polar surface area (TPSA) is 57.6 Å². The quantitative estimate of drug-likeness (QED) is 0.401. The van der Waals surface area contributed by atoms with Crippen LogP contribution in [0.15, 0.2) is 121 Å². The highest BCUT2D eigenvalue weighted by molar-refractivity contribution is 7.90. The Morgan fingerprint density at radius 2 is 0.750 bits per heavy atom. The Balaban J connectivity index is 2.06. The van der Waals surface area contributed by atoms with Gasteiger partial charge in [0.05, 0.1) is 6.61 Å². The van der Waals surface area contributed by atoms with Crippen molar-refractivity contribution in [2.24, 2.45) is 0 Å². The van der Waals surface area contributed by atoms with E-state index in [9.17, 15) is 5.11 Å². The van der Waals surface area contributed by atoms with Gasteiger partial charge in [0.2, 0.25) is 14.6 Å². The summed E-state index contributed by atoms with van der Waals surface area (Å²) >= 11 is 0. The van der Waals surface area contributed by atoms with E-state index >= 15 is 9.13 Å². The summed E-state index contributed by atoms with van der Waals surface area (Å²) < 4.78 is 31.8. The van der Waals surface area contributed by atoms with Crippen LogP contribution in [-0.4, -0.2) is 22.7 Å². The van der Waals surface area contributed by atoms with Crippen LogP contribution in [0, 0.1) is 0 Å². The lowest BCUT2D eigenvalue weighted by Crippen LogP contribution is -2.38. The fraction of sp³-hybridized carbons (Fsp3) is 0.0769. The van der Waals surface area contributed by atoms with Gasteiger partial charge in [-0.15, -0.1) is 0 Å². The minimum atomic E-state index is -3.59. The van der Waals surface area contributed by atoms with E-state index in [1.165, 1.54) is 0 Å². The second-order valence-corrected chi connectivity index (χ2v) is 13.0. The van der Waals surface area contributed by atoms with Crippen LogP contribution < -0.4 is 21.2 Å². The lowest BCUT2D eigenvalue weighted by molar-refractivity contribution is 0.282. The van der Waals surface area contributed by atoms with Gasteiger partial charge in [-0.3, -0.25) is 9.13 Å². The molecule has 0 fully saturated rings. The Morgan fingerprint density at radius 3 is 0.969 bits per heavy atom. The van der Waals surface area contributed by atoms with Gasteiger partial charge in [-0.2, -0.15) is 4.44 Å². The van der Waals surface area contributed by atoms with Gasteiger partial charge in [0.1, 0.15) is 0 Å². The molecule has 4 nitrogen and oxygen atoms in total. The van der Waals surface area contributed by atoms with Crippen LogP contribution in [0.1, 0.15) is 0 Å². The van der Waals surface area contributed by atoms with E-state index in [-0.39, 0.29) is 13.2 Å². The average Bonchev–Trinajstić information content (AvgIpc) is 2.88. The molecule has 0 saturated carbocycles. The van der Waals surface area contributed by atoms with Crippen molar-refractivity contribution in [3.05, 3.63) is 121 Å². The first-order valence-corrected chi connectivity index (χ1v) is 13.8. The van der Waals surface area contributed by atoms with Crippen LogP contribution in [0.5, 0.6) is 0 Å². The zero-order valence-corrected chi connectivity index (χ0v) is 19.4. The second kappa shape index (κ2) is 9.81. The summed E-state index contributed by atoms with van der Waals surface area (Å²) in [5.41, 5.74) is 0. The van der Waals surface area contributed by atoms with Crippen LogP contribution in [0.25, 0.3) is 0 Å². The largest absolute Gasteiger partial charge is 0.395 e. The lowest BCUT2D eigenvalue weighted by Gasteiger charge is -2.38. The predicted molar refractivity (Wildman–Crippen MR) is 133 cm³/mol. The SMILES string of the molecule is O=P(c1ccccc1)(c1ccccc1)N(CCO)P(=O)(c1ccccc1)c1ccccc1. The van der Waals surface area contributed by atoms with Gasteiger partial charge in [0.25, 0.3) is 0 Å². The van der Waals surface area contributed by atoms with E-state index in [1.54, 1.807) is 53.0 Å². The number of hydrogen-bond donors (Lipinski definition) is 1. The highest BCUT2D eigenvalue weighted by atomic mass is 31.2. The molecule has 6 heteroatoms. The minimum Gasteiger partial charge on any atom is -0.395 e. The molecule has 0 bridgehead atoms. The summed E-state index contributed by atoms with van der Waals surface area (Å²) in [4.78, 5) is 0. The maximum Gasteiger partial charge on any atom is 0.213 e. The molecular weight excluding hydrogens is 436 g/mol. The number of aliphatic hydroxyl groups is 1. The molecule has 0 amide bonds. The average molecular weight is 461 g/mol. The first-order valence-electron chi connectivity index (χ1n) is 10.4. The normalized spacial score (nSPS) is 12.1. The molecule has 0 aromatic heterocycles. The molecule has 0 unspecified atom stereocenters. The van der Waals surface area contributed by atoms with Crippen LogP contribution in [0.2, 0.25) is 0 Å². The fourth-order valence-electron chi connectivity index (χ4n) is 3.90. The van der Waals surface area contributed by atoms with Crippen molar-refractivity contribution in [3.63, 3.8) is 0 Å². The zero-order valence-electron chi connectivity index (χ0n) is 17.6. The Morgan fingerprint density at radius 1 is 0.500 bits per heavy atom. The third kappa shape index (κ3) is 4.03. The van der Waals surface area contributed by atoms with Crippen molar-refractivity contribution in [2.45, 2.75) is 0 Å². The number of nitrogens with zero attached hydrogens (tertiary/aromatic N) is 1. The van der Waals surface area contributed by atoms with Crippen LogP contribution in [0.3, 0.4) is 0 Å².